The number of rotatable bonds is 4. The second kappa shape index (κ2) is 7.02. The molecule has 2 aromatic carbocycles. The quantitative estimate of drug-likeness (QED) is 0.496. The van der Waals surface area contributed by atoms with Gasteiger partial charge < -0.3 is 5.32 Å². The van der Waals surface area contributed by atoms with Crippen molar-refractivity contribution in [3.05, 3.63) is 69.8 Å². The second-order valence-corrected chi connectivity index (χ2v) is 8.08. The maximum absolute atomic E-state index is 12.1. The zero-order valence-electron chi connectivity index (χ0n) is 13.3. The molecule has 0 fully saturated rings. The van der Waals surface area contributed by atoms with Crippen LogP contribution in [0, 0.1) is 0 Å². The molecule has 0 atom stereocenters. The van der Waals surface area contributed by atoms with Gasteiger partial charge in [0.05, 0.1) is 10.5 Å². The standard InChI is InChI=1S/C17H14BrN3O4S/c18-11-3-6-13-14(7-11)15(17(23)21-16(13)22)9-20-8-10-1-4-12(5-2-10)26(19,24)25/h1-7,9,20H,8H2,(H2,19,24,25)(H,21,22,23)/b15-9-. The predicted octanol–water partition coefficient (Wildman–Crippen LogP) is 1.50. The highest BCUT2D eigenvalue weighted by atomic mass is 79.9. The molecule has 4 N–H and O–H groups in total. The van der Waals surface area contributed by atoms with Gasteiger partial charge in [0, 0.05) is 28.3 Å². The van der Waals surface area contributed by atoms with E-state index in [-0.39, 0.29) is 4.90 Å². The lowest BCUT2D eigenvalue weighted by Gasteiger charge is -2.18. The molecule has 1 aliphatic rings. The minimum absolute atomic E-state index is 0.0311. The topological polar surface area (TPSA) is 118 Å². The Hall–Kier alpha value is -2.49. The van der Waals surface area contributed by atoms with Gasteiger partial charge in [0.25, 0.3) is 11.8 Å². The Morgan fingerprint density at radius 1 is 1.04 bits per heavy atom. The summed E-state index contributed by atoms with van der Waals surface area (Å²) in [7, 11) is -3.73. The van der Waals surface area contributed by atoms with Crippen molar-refractivity contribution in [3.63, 3.8) is 0 Å². The first-order valence-corrected chi connectivity index (χ1v) is 9.80. The summed E-state index contributed by atoms with van der Waals surface area (Å²) < 4.78 is 23.3. The molecule has 1 aliphatic heterocycles. The van der Waals surface area contributed by atoms with Crippen LogP contribution < -0.4 is 15.8 Å². The zero-order valence-corrected chi connectivity index (χ0v) is 15.7. The van der Waals surface area contributed by atoms with Crippen LogP contribution >= 0.6 is 15.9 Å². The zero-order chi connectivity index (χ0) is 18.9. The lowest BCUT2D eigenvalue weighted by molar-refractivity contribution is -0.114. The lowest BCUT2D eigenvalue weighted by Crippen LogP contribution is -2.37. The number of benzene rings is 2. The van der Waals surface area contributed by atoms with Gasteiger partial charge in [-0.25, -0.2) is 13.6 Å². The average molecular weight is 436 g/mol. The van der Waals surface area contributed by atoms with Gasteiger partial charge in [-0.15, -0.1) is 0 Å². The molecule has 9 heteroatoms. The van der Waals surface area contributed by atoms with E-state index in [0.717, 1.165) is 10.0 Å². The highest BCUT2D eigenvalue weighted by molar-refractivity contribution is 9.10. The van der Waals surface area contributed by atoms with Crippen molar-refractivity contribution in [3.8, 4) is 0 Å². The van der Waals surface area contributed by atoms with Crippen LogP contribution in [-0.2, 0) is 21.4 Å². The van der Waals surface area contributed by atoms with E-state index in [0.29, 0.717) is 23.2 Å². The molecule has 0 saturated carbocycles. The number of nitrogens with two attached hydrogens (primary N) is 1. The van der Waals surface area contributed by atoms with Crippen molar-refractivity contribution in [2.75, 3.05) is 0 Å². The van der Waals surface area contributed by atoms with Crippen LogP contribution in [0.2, 0.25) is 0 Å². The molecule has 0 bridgehead atoms. The molecule has 0 unspecified atom stereocenters. The number of fused-ring (bicyclic) bond motifs is 1. The Morgan fingerprint density at radius 2 is 1.73 bits per heavy atom. The number of primary sulfonamides is 1. The summed E-state index contributed by atoms with van der Waals surface area (Å²) in [5.41, 5.74) is 2.08. The fourth-order valence-corrected chi connectivity index (χ4v) is 3.39. The first-order valence-electron chi connectivity index (χ1n) is 7.46. The Labute approximate surface area is 158 Å². The van der Waals surface area contributed by atoms with Gasteiger partial charge in [-0.1, -0.05) is 28.1 Å². The van der Waals surface area contributed by atoms with Crippen molar-refractivity contribution in [1.82, 2.24) is 10.6 Å². The monoisotopic (exact) mass is 435 g/mol. The number of carbonyl (C=O) groups is 2. The van der Waals surface area contributed by atoms with E-state index in [1.165, 1.54) is 18.3 Å². The summed E-state index contributed by atoms with van der Waals surface area (Å²) in [6, 6.07) is 11.2. The number of amides is 2. The maximum atomic E-state index is 12.1. The highest BCUT2D eigenvalue weighted by Gasteiger charge is 2.27. The van der Waals surface area contributed by atoms with Crippen LogP contribution in [0.15, 0.2) is 58.0 Å². The van der Waals surface area contributed by atoms with E-state index in [1.54, 1.807) is 30.3 Å². The lowest BCUT2D eigenvalue weighted by atomic mass is 9.95. The summed E-state index contributed by atoms with van der Waals surface area (Å²) >= 11 is 3.34. The van der Waals surface area contributed by atoms with Crippen LogP contribution in [0.3, 0.4) is 0 Å². The van der Waals surface area contributed by atoms with Gasteiger partial charge in [-0.3, -0.25) is 14.9 Å². The first kappa shape index (κ1) is 18.3. The third kappa shape index (κ3) is 3.85. The van der Waals surface area contributed by atoms with Crippen molar-refractivity contribution in [2.24, 2.45) is 5.14 Å². The Balaban J connectivity index is 1.80. The van der Waals surface area contributed by atoms with Gasteiger partial charge in [0.15, 0.2) is 0 Å². The van der Waals surface area contributed by atoms with Crippen molar-refractivity contribution in [2.45, 2.75) is 11.4 Å². The fourth-order valence-electron chi connectivity index (χ4n) is 2.51. The number of hydrogen-bond donors (Lipinski definition) is 3. The fraction of sp³-hybridized carbons (Fsp3) is 0.0588. The third-order valence-corrected chi connectivity index (χ3v) is 5.22. The summed E-state index contributed by atoms with van der Waals surface area (Å²) in [5.74, 6) is -0.925. The number of halogens is 1. The Morgan fingerprint density at radius 3 is 2.38 bits per heavy atom. The summed E-state index contributed by atoms with van der Waals surface area (Å²) in [4.78, 5) is 24.1. The second-order valence-electron chi connectivity index (χ2n) is 5.60. The summed E-state index contributed by atoms with van der Waals surface area (Å²) in [6.07, 6.45) is 1.53. The molecule has 0 spiro atoms. The Kier molecular flexibility index (Phi) is 4.94. The van der Waals surface area contributed by atoms with Crippen LogP contribution in [0.4, 0.5) is 0 Å². The van der Waals surface area contributed by atoms with Gasteiger partial charge >= 0.3 is 0 Å². The largest absolute Gasteiger partial charge is 0.386 e. The maximum Gasteiger partial charge on any atom is 0.260 e. The van der Waals surface area contributed by atoms with Gasteiger partial charge in [0.1, 0.15) is 0 Å². The molecule has 7 nitrogen and oxygen atoms in total. The smallest absolute Gasteiger partial charge is 0.260 e. The first-order chi connectivity index (χ1) is 12.3. The Bertz CT molecular complexity index is 1030. The molecule has 2 amide bonds. The number of nitrogens with one attached hydrogen (secondary N) is 2. The average Bonchev–Trinajstić information content (AvgIpc) is 2.57. The molecular formula is C17H14BrN3O4S. The number of hydrogen-bond acceptors (Lipinski definition) is 5. The van der Waals surface area contributed by atoms with Gasteiger partial charge in [0.2, 0.25) is 10.0 Å². The van der Waals surface area contributed by atoms with E-state index in [9.17, 15) is 18.0 Å². The van der Waals surface area contributed by atoms with Crippen LogP contribution in [0.25, 0.3) is 5.57 Å². The normalized spacial score (nSPS) is 15.5. The van der Waals surface area contributed by atoms with Crippen LogP contribution in [0.1, 0.15) is 21.5 Å². The predicted molar refractivity (Wildman–Crippen MR) is 99.2 cm³/mol. The molecule has 0 radical (unpaired) electrons. The number of imide groups is 1. The van der Waals surface area contributed by atoms with Gasteiger partial charge in [-0.05, 0) is 35.9 Å². The van der Waals surface area contributed by atoms with E-state index in [4.69, 9.17) is 5.14 Å². The SMILES string of the molecule is NS(=O)(=O)c1ccc(CN/C=C2\C(=O)NC(=O)c3ccc(Br)cc32)cc1. The third-order valence-electron chi connectivity index (χ3n) is 3.79. The minimum Gasteiger partial charge on any atom is -0.386 e. The number of carbonyl (C=O) groups excluding carboxylic acids is 2. The molecule has 26 heavy (non-hydrogen) atoms. The molecule has 0 aliphatic carbocycles. The molecule has 3 rings (SSSR count). The molecule has 1 heterocycles. The molecular weight excluding hydrogens is 422 g/mol. The van der Waals surface area contributed by atoms with Crippen molar-refractivity contribution < 1.29 is 18.0 Å². The summed E-state index contributed by atoms with van der Waals surface area (Å²) in [6.45, 7) is 0.360. The van der Waals surface area contributed by atoms with Crippen molar-refractivity contribution >= 4 is 43.3 Å². The molecule has 2 aromatic rings. The van der Waals surface area contributed by atoms with Crippen LogP contribution in [0.5, 0.6) is 0 Å². The minimum atomic E-state index is -3.73. The highest BCUT2D eigenvalue weighted by Crippen LogP contribution is 2.26. The van der Waals surface area contributed by atoms with Gasteiger partial charge in [-0.2, -0.15) is 0 Å². The van der Waals surface area contributed by atoms with E-state index < -0.39 is 21.8 Å². The molecule has 134 valence electrons. The van der Waals surface area contributed by atoms with Crippen molar-refractivity contribution in [1.29, 1.82) is 0 Å². The number of sulfonamides is 1. The molecule has 0 saturated heterocycles. The molecule has 0 aromatic heterocycles. The van der Waals surface area contributed by atoms with E-state index >= 15 is 0 Å². The van der Waals surface area contributed by atoms with E-state index in [2.05, 4.69) is 26.6 Å². The summed E-state index contributed by atoms with van der Waals surface area (Å²) in [5, 5.41) is 10.4. The van der Waals surface area contributed by atoms with Crippen LogP contribution in [-0.4, -0.2) is 20.2 Å². The van der Waals surface area contributed by atoms with E-state index in [1.807, 2.05) is 0 Å².